The van der Waals surface area contributed by atoms with Crippen LogP contribution in [0.5, 0.6) is 5.75 Å². The maximum atomic E-state index is 14.7. The Bertz CT molecular complexity index is 1600. The van der Waals surface area contributed by atoms with E-state index >= 15 is 0 Å². The number of ether oxygens (including phenoxy) is 2. The average Bonchev–Trinajstić information content (AvgIpc) is 2.95. The second-order valence-corrected chi connectivity index (χ2v) is 14.1. The lowest BCUT2D eigenvalue weighted by Gasteiger charge is -2.42. The Morgan fingerprint density at radius 2 is 1.87 bits per heavy atom. The predicted octanol–water partition coefficient (Wildman–Crippen LogP) is 4.25. The first-order valence-corrected chi connectivity index (χ1v) is 16.1. The molecule has 1 N–H and O–H groups in total. The van der Waals surface area contributed by atoms with E-state index in [0.29, 0.717) is 11.3 Å². The molecule has 45 heavy (non-hydrogen) atoms. The maximum absolute atomic E-state index is 14.7. The number of hydrogen-bond acceptors (Lipinski definition) is 8. The highest BCUT2D eigenvalue weighted by atomic mass is 32.2. The van der Waals surface area contributed by atoms with Gasteiger partial charge >= 0.3 is 6.09 Å². The van der Waals surface area contributed by atoms with Gasteiger partial charge in [-0.15, -0.1) is 0 Å². The number of nitrogens with one attached hydrogen (secondary N) is 1. The molecule has 242 valence electrons. The van der Waals surface area contributed by atoms with Crippen LogP contribution in [-0.2, 0) is 32.6 Å². The average molecular weight is 642 g/mol. The number of halogens is 1. The fourth-order valence-corrected chi connectivity index (χ4v) is 6.79. The van der Waals surface area contributed by atoms with Crippen molar-refractivity contribution in [2.75, 3.05) is 19.6 Å². The minimum atomic E-state index is -3.87. The van der Waals surface area contributed by atoms with E-state index in [9.17, 15) is 22.4 Å². The van der Waals surface area contributed by atoms with Crippen LogP contribution in [0.4, 0.5) is 9.18 Å². The van der Waals surface area contributed by atoms with E-state index in [1.165, 1.54) is 34.5 Å². The van der Waals surface area contributed by atoms with Gasteiger partial charge in [0.2, 0.25) is 15.9 Å². The molecule has 0 unspecified atom stereocenters. The first-order chi connectivity index (χ1) is 21.2. The lowest BCUT2D eigenvalue weighted by Crippen LogP contribution is -2.58. The molecular weight excluding hydrogens is 601 g/mol. The maximum Gasteiger partial charge on any atom is 0.410 e. The number of sulfonamides is 1. The smallest absolute Gasteiger partial charge is 0.410 e. The molecule has 1 fully saturated rings. The van der Waals surface area contributed by atoms with Gasteiger partial charge < -0.3 is 19.7 Å². The van der Waals surface area contributed by atoms with Crippen molar-refractivity contribution >= 4 is 22.0 Å². The van der Waals surface area contributed by atoms with Crippen molar-refractivity contribution in [2.24, 2.45) is 0 Å². The number of benzene rings is 2. The molecule has 1 aliphatic heterocycles. The molecule has 11 nitrogen and oxygen atoms in total. The lowest BCUT2D eigenvalue weighted by molar-refractivity contribution is -0.119. The van der Waals surface area contributed by atoms with Gasteiger partial charge in [-0.25, -0.2) is 17.6 Å². The van der Waals surface area contributed by atoms with E-state index < -0.39 is 39.6 Å². The van der Waals surface area contributed by atoms with Gasteiger partial charge in [0, 0.05) is 50.4 Å². The summed E-state index contributed by atoms with van der Waals surface area (Å²) in [5.41, 5.74) is 1.35. The molecular formula is C32H40FN5O6S. The molecule has 0 bridgehead atoms. The molecule has 0 spiro atoms. The van der Waals surface area contributed by atoms with Crippen molar-refractivity contribution in [3.05, 3.63) is 83.4 Å². The monoisotopic (exact) mass is 641 g/mol. The zero-order chi connectivity index (χ0) is 32.8. The van der Waals surface area contributed by atoms with Gasteiger partial charge in [0.15, 0.2) is 0 Å². The van der Waals surface area contributed by atoms with Crippen LogP contribution in [0.3, 0.4) is 0 Å². The van der Waals surface area contributed by atoms with Crippen LogP contribution < -0.4 is 10.1 Å². The van der Waals surface area contributed by atoms with Crippen LogP contribution in [0.15, 0.2) is 65.8 Å². The summed E-state index contributed by atoms with van der Waals surface area (Å²) in [6.45, 7) is 8.78. The van der Waals surface area contributed by atoms with Crippen molar-refractivity contribution < 1.29 is 31.9 Å². The number of hydrogen-bond donors (Lipinski definition) is 1. The Kier molecular flexibility index (Phi) is 10.8. The number of piperazine rings is 1. The summed E-state index contributed by atoms with van der Waals surface area (Å²) in [7, 11) is -3.87. The molecule has 2 heterocycles. The minimum absolute atomic E-state index is 0.0108. The number of aryl methyl sites for hydroxylation is 1. The molecule has 1 saturated heterocycles. The Morgan fingerprint density at radius 3 is 2.53 bits per heavy atom. The zero-order valence-electron chi connectivity index (χ0n) is 26.2. The van der Waals surface area contributed by atoms with Gasteiger partial charge in [-0.1, -0.05) is 12.1 Å². The van der Waals surface area contributed by atoms with Gasteiger partial charge in [-0.3, -0.25) is 4.79 Å². The predicted molar refractivity (Wildman–Crippen MR) is 165 cm³/mol. The van der Waals surface area contributed by atoms with Gasteiger partial charge in [0.1, 0.15) is 23.8 Å². The normalized spacial score (nSPS) is 16.6. The molecule has 2 aromatic carbocycles. The van der Waals surface area contributed by atoms with E-state index in [2.05, 4.69) is 15.5 Å². The standard InChI is InChI=1S/C32H40FN5O6S/c1-22-7-6-8-30(13-22)45(41,42)37-11-12-38(31(40)44-32(3,4)5)28(20-37)18-27(36-23(2)39)15-25-14-26(33)17-29(16-25)43-21-24-9-10-34-35-19-24/h6-10,13-14,16-17,19,27-28H,11-12,15,18,20-21H2,1-5H3,(H,36,39)/t27-,28-/m0/s1. The van der Waals surface area contributed by atoms with Crippen molar-refractivity contribution in [3.8, 4) is 5.75 Å². The van der Waals surface area contributed by atoms with Crippen LogP contribution in [-0.4, -0.2) is 77.1 Å². The number of nitrogens with zero attached hydrogens (tertiary/aromatic N) is 4. The van der Waals surface area contributed by atoms with Crippen LogP contribution in [0.2, 0.25) is 0 Å². The summed E-state index contributed by atoms with van der Waals surface area (Å²) < 4.78 is 54.8. The molecule has 1 aliphatic rings. The Hall–Kier alpha value is -4.10. The van der Waals surface area contributed by atoms with Crippen molar-refractivity contribution in [1.29, 1.82) is 0 Å². The quantitative estimate of drug-likeness (QED) is 0.348. The molecule has 1 aromatic heterocycles. The van der Waals surface area contributed by atoms with Crippen LogP contribution in [0, 0.1) is 12.7 Å². The van der Waals surface area contributed by atoms with Crippen LogP contribution in [0.25, 0.3) is 0 Å². The SMILES string of the molecule is CC(=O)N[C@@H](Cc1cc(F)cc(OCc2ccnnc2)c1)C[C@H]1CN(S(=O)(=O)c2cccc(C)c2)CCN1C(=O)OC(C)(C)C. The molecule has 0 aliphatic carbocycles. The number of rotatable bonds is 10. The third-order valence-electron chi connectivity index (χ3n) is 7.13. The molecule has 2 atom stereocenters. The van der Waals surface area contributed by atoms with Crippen molar-refractivity contribution in [3.63, 3.8) is 0 Å². The molecule has 3 aromatic rings. The van der Waals surface area contributed by atoms with Gasteiger partial charge in [0.25, 0.3) is 0 Å². The summed E-state index contributed by atoms with van der Waals surface area (Å²) in [4.78, 5) is 27.3. The topological polar surface area (TPSA) is 131 Å². The fraction of sp³-hybridized carbons (Fsp3) is 0.438. The third kappa shape index (κ3) is 9.69. The largest absolute Gasteiger partial charge is 0.489 e. The van der Waals surface area contributed by atoms with Crippen molar-refractivity contribution in [1.82, 2.24) is 24.7 Å². The Balaban J connectivity index is 1.59. The highest BCUT2D eigenvalue weighted by Gasteiger charge is 2.39. The van der Waals surface area contributed by atoms with E-state index in [1.54, 1.807) is 57.3 Å². The van der Waals surface area contributed by atoms with Crippen LogP contribution >= 0.6 is 0 Å². The third-order valence-corrected chi connectivity index (χ3v) is 8.99. The number of carbonyl (C=O) groups is 2. The summed E-state index contributed by atoms with van der Waals surface area (Å²) >= 11 is 0. The molecule has 0 saturated carbocycles. The second kappa shape index (κ2) is 14.3. The summed E-state index contributed by atoms with van der Waals surface area (Å²) in [6.07, 6.45) is 2.90. The Morgan fingerprint density at radius 1 is 1.09 bits per heavy atom. The summed E-state index contributed by atoms with van der Waals surface area (Å²) in [6, 6.07) is 11.5. The molecule has 13 heteroatoms. The molecule has 4 rings (SSSR count). The van der Waals surface area contributed by atoms with E-state index in [1.807, 2.05) is 13.0 Å². The Labute approximate surface area is 263 Å². The lowest BCUT2D eigenvalue weighted by atomic mass is 9.97. The highest BCUT2D eigenvalue weighted by Crippen LogP contribution is 2.26. The molecule has 0 radical (unpaired) electrons. The minimum Gasteiger partial charge on any atom is -0.489 e. The van der Waals surface area contributed by atoms with E-state index in [4.69, 9.17) is 9.47 Å². The van der Waals surface area contributed by atoms with E-state index in [0.717, 1.165) is 11.1 Å². The van der Waals surface area contributed by atoms with Crippen molar-refractivity contribution in [2.45, 2.75) is 76.6 Å². The number of aromatic nitrogens is 2. The van der Waals surface area contributed by atoms with Crippen LogP contribution in [0.1, 0.15) is 50.8 Å². The number of carbonyl (C=O) groups excluding carboxylic acids is 2. The van der Waals surface area contributed by atoms with Gasteiger partial charge in [-0.05, 0) is 82.0 Å². The highest BCUT2D eigenvalue weighted by molar-refractivity contribution is 7.89. The summed E-state index contributed by atoms with van der Waals surface area (Å²) in [5.74, 6) is -0.533. The van der Waals surface area contributed by atoms with Gasteiger partial charge in [-0.2, -0.15) is 14.5 Å². The van der Waals surface area contributed by atoms with Gasteiger partial charge in [0.05, 0.1) is 17.1 Å². The fourth-order valence-electron chi connectivity index (χ4n) is 5.22. The van der Waals surface area contributed by atoms with E-state index in [-0.39, 0.29) is 49.9 Å². The molecule has 2 amide bonds. The number of amides is 2. The first kappa shape index (κ1) is 33.8. The first-order valence-electron chi connectivity index (χ1n) is 14.7. The zero-order valence-corrected chi connectivity index (χ0v) is 27.0. The summed E-state index contributed by atoms with van der Waals surface area (Å²) in [5, 5.41) is 10.5. The second-order valence-electron chi connectivity index (χ2n) is 12.2.